The molecule has 0 spiro atoms. The Hall–Kier alpha value is -2.61. The van der Waals surface area contributed by atoms with Crippen LogP contribution in [0.3, 0.4) is 0 Å². The first-order valence-electron chi connectivity index (χ1n) is 8.14. The molecule has 0 aliphatic rings. The van der Waals surface area contributed by atoms with Gasteiger partial charge in [0.15, 0.2) is 4.90 Å². The minimum atomic E-state index is -1.47. The van der Waals surface area contributed by atoms with Crippen LogP contribution >= 0.6 is 0 Å². The SMILES string of the molecule is Cc1cccc(-c2cc(NCc3ccc([S+](N)[O-])cc3)nc(N)n2)c1C. The molecule has 0 bridgehead atoms. The number of nitrogens with two attached hydrogens (primary N) is 2. The van der Waals surface area contributed by atoms with Gasteiger partial charge in [0.25, 0.3) is 0 Å². The van der Waals surface area contributed by atoms with Gasteiger partial charge in [-0.1, -0.05) is 30.3 Å². The highest BCUT2D eigenvalue weighted by Gasteiger charge is 2.09. The highest BCUT2D eigenvalue weighted by Crippen LogP contribution is 2.26. The van der Waals surface area contributed by atoms with E-state index in [0.717, 1.165) is 16.8 Å². The summed E-state index contributed by atoms with van der Waals surface area (Å²) in [6.07, 6.45) is 0. The Morgan fingerprint density at radius 3 is 2.50 bits per heavy atom. The summed E-state index contributed by atoms with van der Waals surface area (Å²) in [4.78, 5) is 9.22. The lowest BCUT2D eigenvalue weighted by Crippen LogP contribution is -2.12. The zero-order chi connectivity index (χ0) is 18.7. The molecule has 0 radical (unpaired) electrons. The predicted octanol–water partition coefficient (Wildman–Crippen LogP) is 2.94. The van der Waals surface area contributed by atoms with Crippen molar-refractivity contribution in [3.63, 3.8) is 0 Å². The van der Waals surface area contributed by atoms with Crippen molar-refractivity contribution in [1.29, 1.82) is 0 Å². The second-order valence-corrected chi connectivity index (χ2v) is 7.11. The molecule has 0 amide bonds. The lowest BCUT2D eigenvalue weighted by Gasteiger charge is -2.11. The van der Waals surface area contributed by atoms with Gasteiger partial charge >= 0.3 is 0 Å². The first kappa shape index (κ1) is 18.2. The van der Waals surface area contributed by atoms with Gasteiger partial charge in [0.2, 0.25) is 5.95 Å². The summed E-state index contributed by atoms with van der Waals surface area (Å²) in [5.41, 5.74) is 11.1. The monoisotopic (exact) mass is 367 g/mol. The molecule has 7 heteroatoms. The Bertz CT molecular complexity index is 912. The van der Waals surface area contributed by atoms with Crippen molar-refractivity contribution in [2.45, 2.75) is 25.3 Å². The molecule has 26 heavy (non-hydrogen) atoms. The van der Waals surface area contributed by atoms with Crippen molar-refractivity contribution in [2.24, 2.45) is 5.14 Å². The van der Waals surface area contributed by atoms with Gasteiger partial charge in [-0.25, -0.2) is 4.98 Å². The largest absolute Gasteiger partial charge is 0.593 e. The van der Waals surface area contributed by atoms with Gasteiger partial charge < -0.3 is 15.6 Å². The topological polar surface area (TPSA) is 113 Å². The van der Waals surface area contributed by atoms with Crippen molar-refractivity contribution in [2.75, 3.05) is 11.1 Å². The number of nitrogen functional groups attached to an aromatic ring is 1. The maximum atomic E-state index is 11.2. The third kappa shape index (κ3) is 4.13. The van der Waals surface area contributed by atoms with Crippen molar-refractivity contribution in [1.82, 2.24) is 9.97 Å². The molecule has 0 saturated heterocycles. The number of aromatic nitrogens is 2. The minimum Gasteiger partial charge on any atom is -0.593 e. The van der Waals surface area contributed by atoms with Gasteiger partial charge in [-0.05, 0) is 42.7 Å². The molecule has 5 N–H and O–H groups in total. The number of benzene rings is 2. The molecule has 1 heterocycles. The second-order valence-electron chi connectivity index (χ2n) is 6.04. The van der Waals surface area contributed by atoms with Gasteiger partial charge in [-0.3, -0.25) is 0 Å². The van der Waals surface area contributed by atoms with E-state index in [4.69, 9.17) is 10.9 Å². The molecular weight excluding hydrogens is 346 g/mol. The third-order valence-corrected chi connectivity index (χ3v) is 4.99. The maximum Gasteiger partial charge on any atom is 0.222 e. The van der Waals surface area contributed by atoms with Crippen molar-refractivity contribution >= 4 is 23.1 Å². The van der Waals surface area contributed by atoms with Crippen LogP contribution in [0.15, 0.2) is 53.4 Å². The summed E-state index contributed by atoms with van der Waals surface area (Å²) >= 11 is -1.47. The molecule has 0 aliphatic carbocycles. The first-order chi connectivity index (χ1) is 12.4. The van der Waals surface area contributed by atoms with Gasteiger partial charge in [0.1, 0.15) is 5.82 Å². The van der Waals surface area contributed by atoms with E-state index < -0.39 is 11.4 Å². The standard InChI is InChI=1S/C19H21N5OS/c1-12-4-3-5-16(13(12)2)17-10-18(24-19(20)23-17)22-11-14-6-8-15(9-7-14)26(21)25/h3-10H,11,21H2,1-2H3,(H3,20,22,23,24). The average Bonchev–Trinajstić information content (AvgIpc) is 2.62. The summed E-state index contributed by atoms with van der Waals surface area (Å²) in [6.45, 7) is 4.69. The fourth-order valence-corrected chi connectivity index (χ4v) is 3.06. The van der Waals surface area contributed by atoms with Gasteiger partial charge in [-0.15, -0.1) is 5.14 Å². The Morgan fingerprint density at radius 2 is 1.81 bits per heavy atom. The molecule has 0 saturated carbocycles. The lowest BCUT2D eigenvalue weighted by molar-refractivity contribution is 0.596. The smallest absolute Gasteiger partial charge is 0.222 e. The molecule has 1 aromatic heterocycles. The van der Waals surface area contributed by atoms with E-state index in [1.54, 1.807) is 12.1 Å². The highest BCUT2D eigenvalue weighted by molar-refractivity contribution is 7.89. The predicted molar refractivity (Wildman–Crippen MR) is 106 cm³/mol. The van der Waals surface area contributed by atoms with E-state index in [1.165, 1.54) is 11.1 Å². The van der Waals surface area contributed by atoms with Gasteiger partial charge in [0.05, 0.1) is 17.1 Å². The van der Waals surface area contributed by atoms with E-state index in [0.29, 0.717) is 17.3 Å². The summed E-state index contributed by atoms with van der Waals surface area (Å²) in [5, 5.41) is 8.62. The van der Waals surface area contributed by atoms with Crippen molar-refractivity contribution in [3.8, 4) is 11.3 Å². The maximum absolute atomic E-state index is 11.2. The van der Waals surface area contributed by atoms with E-state index in [9.17, 15) is 4.55 Å². The van der Waals surface area contributed by atoms with Crippen molar-refractivity contribution < 1.29 is 4.55 Å². The molecular formula is C19H21N5OS. The van der Waals surface area contributed by atoms with E-state index in [-0.39, 0.29) is 5.95 Å². The van der Waals surface area contributed by atoms with E-state index in [1.807, 2.05) is 30.3 Å². The quantitative estimate of drug-likeness (QED) is 0.598. The van der Waals surface area contributed by atoms with Crippen LogP contribution in [0.2, 0.25) is 0 Å². The number of hydrogen-bond acceptors (Lipinski definition) is 6. The lowest BCUT2D eigenvalue weighted by atomic mass is 10.0. The molecule has 2 aromatic carbocycles. The molecule has 1 atom stereocenters. The van der Waals surface area contributed by atoms with Crippen LogP contribution in [0.5, 0.6) is 0 Å². The number of nitrogens with one attached hydrogen (secondary N) is 1. The third-order valence-electron chi connectivity index (χ3n) is 4.25. The number of nitrogens with zero attached hydrogens (tertiary/aromatic N) is 2. The molecule has 1 unspecified atom stereocenters. The molecule has 0 fully saturated rings. The van der Waals surface area contributed by atoms with Crippen LogP contribution in [0.1, 0.15) is 16.7 Å². The van der Waals surface area contributed by atoms with Crippen LogP contribution in [-0.4, -0.2) is 14.5 Å². The fraction of sp³-hybridized carbons (Fsp3) is 0.158. The summed E-state index contributed by atoms with van der Waals surface area (Å²) in [6, 6.07) is 15.3. The Kier molecular flexibility index (Phi) is 5.41. The molecule has 0 aliphatic heterocycles. The van der Waals surface area contributed by atoms with E-state index in [2.05, 4.69) is 35.2 Å². The summed E-state index contributed by atoms with van der Waals surface area (Å²) < 4.78 is 11.2. The molecule has 6 nitrogen and oxygen atoms in total. The minimum absolute atomic E-state index is 0.222. The van der Waals surface area contributed by atoms with E-state index >= 15 is 0 Å². The van der Waals surface area contributed by atoms with Gasteiger partial charge in [0, 0.05) is 18.2 Å². The van der Waals surface area contributed by atoms with Crippen LogP contribution in [0.25, 0.3) is 11.3 Å². The summed E-state index contributed by atoms with van der Waals surface area (Å²) in [7, 11) is 0. The van der Waals surface area contributed by atoms with Crippen LogP contribution in [0, 0.1) is 13.8 Å². The molecule has 134 valence electrons. The van der Waals surface area contributed by atoms with Crippen LogP contribution in [-0.2, 0) is 17.9 Å². The molecule has 3 rings (SSSR count). The number of aryl methyl sites for hydroxylation is 1. The van der Waals surface area contributed by atoms with Gasteiger partial charge in [-0.2, -0.15) is 4.98 Å². The highest BCUT2D eigenvalue weighted by atomic mass is 32.2. The Labute approximate surface area is 156 Å². The molecule has 3 aromatic rings. The number of rotatable bonds is 5. The number of anilines is 2. The number of hydrogen-bond donors (Lipinski definition) is 3. The van der Waals surface area contributed by atoms with Crippen LogP contribution < -0.4 is 16.2 Å². The van der Waals surface area contributed by atoms with Crippen LogP contribution in [0.4, 0.5) is 11.8 Å². The van der Waals surface area contributed by atoms with Crippen molar-refractivity contribution in [3.05, 3.63) is 65.2 Å². The Morgan fingerprint density at radius 1 is 1.08 bits per heavy atom. The summed E-state index contributed by atoms with van der Waals surface area (Å²) in [5.74, 6) is 0.875. The second kappa shape index (κ2) is 7.74. The zero-order valence-corrected chi connectivity index (χ0v) is 15.5. The normalized spacial score (nSPS) is 12.0. The Balaban J connectivity index is 1.81. The zero-order valence-electron chi connectivity index (χ0n) is 14.7. The average molecular weight is 367 g/mol. The first-order valence-corrected chi connectivity index (χ1v) is 9.35. The fourth-order valence-electron chi connectivity index (χ4n) is 2.66.